The van der Waals surface area contributed by atoms with Crippen molar-refractivity contribution in [3.63, 3.8) is 0 Å². The smallest absolute Gasteiger partial charge is 0.0469 e. The molecule has 1 saturated heterocycles. The summed E-state index contributed by atoms with van der Waals surface area (Å²) in [6, 6.07) is 0.570. The maximum absolute atomic E-state index is 5.31. The van der Waals surface area contributed by atoms with Crippen LogP contribution in [0.2, 0.25) is 0 Å². The van der Waals surface area contributed by atoms with Crippen LogP contribution in [0.3, 0.4) is 0 Å². The van der Waals surface area contributed by atoms with E-state index >= 15 is 0 Å². The van der Waals surface area contributed by atoms with Gasteiger partial charge in [0.15, 0.2) is 0 Å². The molecular formula is C11H21NO. The Kier molecular flexibility index (Phi) is 5.09. The molecule has 0 aromatic rings. The highest BCUT2D eigenvalue weighted by Crippen LogP contribution is 2.13. The molecule has 0 spiro atoms. The van der Waals surface area contributed by atoms with E-state index < -0.39 is 0 Å². The molecule has 1 N–H and O–H groups in total. The Morgan fingerprint density at radius 3 is 2.85 bits per heavy atom. The molecule has 1 fully saturated rings. The first-order valence-electron chi connectivity index (χ1n) is 5.25. The first-order valence-corrected chi connectivity index (χ1v) is 5.25. The number of nitrogens with one attached hydrogen (secondary N) is 1. The van der Waals surface area contributed by atoms with Crippen molar-refractivity contribution in [1.29, 1.82) is 0 Å². The first-order chi connectivity index (χ1) is 6.33. The Balaban J connectivity index is 2.06. The van der Waals surface area contributed by atoms with Gasteiger partial charge in [0.1, 0.15) is 0 Å². The molecule has 1 heterocycles. The van der Waals surface area contributed by atoms with E-state index in [1.165, 1.54) is 12.8 Å². The van der Waals surface area contributed by atoms with Crippen LogP contribution in [0.4, 0.5) is 0 Å². The lowest BCUT2D eigenvalue weighted by molar-refractivity contribution is 0.0656. The average molecular weight is 183 g/mol. The zero-order valence-corrected chi connectivity index (χ0v) is 8.59. The highest BCUT2D eigenvalue weighted by Gasteiger charge is 2.13. The van der Waals surface area contributed by atoms with Gasteiger partial charge in [-0.15, -0.1) is 6.58 Å². The lowest BCUT2D eigenvalue weighted by atomic mass is 10.00. The number of hydrogen-bond acceptors (Lipinski definition) is 2. The quantitative estimate of drug-likeness (QED) is 0.658. The van der Waals surface area contributed by atoms with E-state index in [1.54, 1.807) is 0 Å². The van der Waals surface area contributed by atoms with Gasteiger partial charge in [-0.05, 0) is 38.6 Å². The molecule has 1 aliphatic heterocycles. The van der Waals surface area contributed by atoms with Gasteiger partial charge < -0.3 is 10.1 Å². The molecule has 1 unspecified atom stereocenters. The fourth-order valence-corrected chi connectivity index (χ4v) is 1.65. The van der Waals surface area contributed by atoms with E-state index in [0.717, 1.165) is 32.1 Å². The normalized spacial score (nSPS) is 21.3. The standard InChI is InChI=1S/C11H21NO/c1-3-4-10(2)12-9-11-5-7-13-8-6-11/h3,10-12H,1,4-9H2,2H3. The first kappa shape index (κ1) is 10.7. The molecule has 0 amide bonds. The second-order valence-corrected chi connectivity index (χ2v) is 3.89. The van der Waals surface area contributed by atoms with Crippen LogP contribution in [0, 0.1) is 5.92 Å². The third kappa shape index (κ3) is 4.44. The lowest BCUT2D eigenvalue weighted by Gasteiger charge is -2.23. The fourth-order valence-electron chi connectivity index (χ4n) is 1.65. The van der Waals surface area contributed by atoms with Crippen LogP contribution in [0.1, 0.15) is 26.2 Å². The van der Waals surface area contributed by atoms with Crippen LogP contribution in [0.15, 0.2) is 12.7 Å². The van der Waals surface area contributed by atoms with E-state index in [-0.39, 0.29) is 0 Å². The van der Waals surface area contributed by atoms with Gasteiger partial charge in [0, 0.05) is 19.3 Å². The molecule has 0 aliphatic carbocycles. The number of ether oxygens (including phenoxy) is 1. The summed E-state index contributed by atoms with van der Waals surface area (Å²) in [7, 11) is 0. The molecule has 76 valence electrons. The second-order valence-electron chi connectivity index (χ2n) is 3.89. The summed E-state index contributed by atoms with van der Waals surface area (Å²) >= 11 is 0. The molecule has 1 rings (SSSR count). The predicted octanol–water partition coefficient (Wildman–Crippen LogP) is 1.97. The van der Waals surface area contributed by atoms with E-state index in [1.807, 2.05) is 6.08 Å². The van der Waals surface area contributed by atoms with Gasteiger partial charge in [-0.25, -0.2) is 0 Å². The van der Waals surface area contributed by atoms with Crippen molar-refractivity contribution in [3.8, 4) is 0 Å². The Labute approximate surface area is 81.4 Å². The van der Waals surface area contributed by atoms with Crippen LogP contribution in [-0.4, -0.2) is 25.8 Å². The minimum atomic E-state index is 0.570. The maximum atomic E-state index is 5.31. The Bertz CT molecular complexity index is 141. The molecular weight excluding hydrogens is 162 g/mol. The summed E-state index contributed by atoms with van der Waals surface area (Å²) in [6.45, 7) is 8.98. The van der Waals surface area contributed by atoms with Crippen molar-refractivity contribution in [2.45, 2.75) is 32.2 Å². The molecule has 0 aromatic heterocycles. The van der Waals surface area contributed by atoms with Crippen molar-refractivity contribution in [2.24, 2.45) is 5.92 Å². The molecule has 2 heteroatoms. The highest BCUT2D eigenvalue weighted by molar-refractivity contribution is 4.76. The van der Waals surface area contributed by atoms with Gasteiger partial charge in [-0.1, -0.05) is 6.08 Å². The van der Waals surface area contributed by atoms with Crippen LogP contribution in [-0.2, 0) is 4.74 Å². The van der Waals surface area contributed by atoms with Gasteiger partial charge in [0.2, 0.25) is 0 Å². The minimum absolute atomic E-state index is 0.570. The lowest BCUT2D eigenvalue weighted by Crippen LogP contribution is -2.33. The molecule has 0 aromatic carbocycles. The number of hydrogen-bond donors (Lipinski definition) is 1. The van der Waals surface area contributed by atoms with Gasteiger partial charge >= 0.3 is 0 Å². The molecule has 13 heavy (non-hydrogen) atoms. The highest BCUT2D eigenvalue weighted by atomic mass is 16.5. The Hall–Kier alpha value is -0.340. The summed E-state index contributed by atoms with van der Waals surface area (Å²) in [4.78, 5) is 0. The Morgan fingerprint density at radius 2 is 2.23 bits per heavy atom. The van der Waals surface area contributed by atoms with E-state index in [9.17, 15) is 0 Å². The van der Waals surface area contributed by atoms with Crippen molar-refractivity contribution in [3.05, 3.63) is 12.7 Å². The zero-order valence-electron chi connectivity index (χ0n) is 8.59. The van der Waals surface area contributed by atoms with Crippen molar-refractivity contribution < 1.29 is 4.74 Å². The van der Waals surface area contributed by atoms with Crippen molar-refractivity contribution in [2.75, 3.05) is 19.8 Å². The summed E-state index contributed by atoms with van der Waals surface area (Å²) in [6.07, 6.45) is 5.46. The predicted molar refractivity (Wildman–Crippen MR) is 55.8 cm³/mol. The van der Waals surface area contributed by atoms with E-state index in [2.05, 4.69) is 18.8 Å². The zero-order chi connectivity index (χ0) is 9.52. The molecule has 1 aliphatic rings. The Morgan fingerprint density at radius 1 is 1.54 bits per heavy atom. The largest absolute Gasteiger partial charge is 0.381 e. The van der Waals surface area contributed by atoms with Gasteiger partial charge in [0.25, 0.3) is 0 Å². The van der Waals surface area contributed by atoms with Gasteiger partial charge in [-0.3, -0.25) is 0 Å². The van der Waals surface area contributed by atoms with Crippen molar-refractivity contribution in [1.82, 2.24) is 5.32 Å². The van der Waals surface area contributed by atoms with Crippen LogP contribution < -0.4 is 5.32 Å². The minimum Gasteiger partial charge on any atom is -0.381 e. The molecule has 0 saturated carbocycles. The molecule has 0 radical (unpaired) electrons. The van der Waals surface area contributed by atoms with E-state index in [0.29, 0.717) is 6.04 Å². The summed E-state index contributed by atoms with van der Waals surface area (Å²) < 4.78 is 5.31. The van der Waals surface area contributed by atoms with Crippen molar-refractivity contribution >= 4 is 0 Å². The SMILES string of the molecule is C=CCC(C)NCC1CCOCC1. The summed E-state index contributed by atoms with van der Waals surface area (Å²) in [5.41, 5.74) is 0. The summed E-state index contributed by atoms with van der Waals surface area (Å²) in [5, 5.41) is 3.53. The van der Waals surface area contributed by atoms with Crippen LogP contribution >= 0.6 is 0 Å². The molecule has 2 nitrogen and oxygen atoms in total. The average Bonchev–Trinajstić information content (AvgIpc) is 2.17. The maximum Gasteiger partial charge on any atom is 0.0469 e. The third-order valence-electron chi connectivity index (χ3n) is 2.62. The van der Waals surface area contributed by atoms with Crippen LogP contribution in [0.5, 0.6) is 0 Å². The molecule has 1 atom stereocenters. The fraction of sp³-hybridized carbons (Fsp3) is 0.818. The van der Waals surface area contributed by atoms with E-state index in [4.69, 9.17) is 4.74 Å². The van der Waals surface area contributed by atoms with Crippen LogP contribution in [0.25, 0.3) is 0 Å². The topological polar surface area (TPSA) is 21.3 Å². The van der Waals surface area contributed by atoms with Gasteiger partial charge in [-0.2, -0.15) is 0 Å². The van der Waals surface area contributed by atoms with Gasteiger partial charge in [0.05, 0.1) is 0 Å². The second kappa shape index (κ2) is 6.17. The summed E-state index contributed by atoms with van der Waals surface area (Å²) in [5.74, 6) is 0.820. The molecule has 0 bridgehead atoms. The third-order valence-corrected chi connectivity index (χ3v) is 2.62. The monoisotopic (exact) mass is 183 g/mol. The number of rotatable bonds is 5.